The van der Waals surface area contributed by atoms with Gasteiger partial charge in [0.2, 0.25) is 0 Å². The summed E-state index contributed by atoms with van der Waals surface area (Å²) in [6, 6.07) is 15.5. The highest BCUT2D eigenvalue weighted by atomic mass is 19.1. The Balaban J connectivity index is 1.49. The largest absolute Gasteiger partial charge is 0.360 e. The molecule has 1 heterocycles. The summed E-state index contributed by atoms with van der Waals surface area (Å²) in [5.41, 5.74) is 2.18. The second-order valence-electron chi connectivity index (χ2n) is 6.13. The molecular formula is C19H20FN4O+. The van der Waals surface area contributed by atoms with Crippen LogP contribution in [0.25, 0.3) is 0 Å². The summed E-state index contributed by atoms with van der Waals surface area (Å²) >= 11 is 0. The molecular weight excluding hydrogens is 319 g/mol. The standard InChI is InChI=1S/C19H19FN4O/c20-16-4-6-18(7-5-16)24-10-8-23(9-11-24)14-19(25)22-17-3-1-2-15(12-17)13-21/h1-7,12H,8-11,14H2,(H,22,25)/p+1. The minimum atomic E-state index is -0.231. The first kappa shape index (κ1) is 16.9. The summed E-state index contributed by atoms with van der Waals surface area (Å²) in [5.74, 6) is -0.287. The van der Waals surface area contributed by atoms with Crippen LogP contribution in [0, 0.1) is 17.1 Å². The molecule has 0 atom stereocenters. The van der Waals surface area contributed by atoms with E-state index in [2.05, 4.69) is 16.3 Å². The number of nitriles is 1. The first-order valence-corrected chi connectivity index (χ1v) is 8.28. The van der Waals surface area contributed by atoms with Crippen molar-refractivity contribution in [3.63, 3.8) is 0 Å². The van der Waals surface area contributed by atoms with E-state index in [4.69, 9.17) is 5.26 Å². The van der Waals surface area contributed by atoms with Gasteiger partial charge in [0, 0.05) is 11.4 Å². The van der Waals surface area contributed by atoms with Crippen LogP contribution in [-0.2, 0) is 4.79 Å². The number of hydrogen-bond acceptors (Lipinski definition) is 3. The molecule has 2 N–H and O–H groups in total. The lowest BCUT2D eigenvalue weighted by Crippen LogP contribution is -3.15. The van der Waals surface area contributed by atoms with Crippen LogP contribution in [0.5, 0.6) is 0 Å². The number of carbonyl (C=O) groups excluding carboxylic acids is 1. The molecule has 25 heavy (non-hydrogen) atoms. The molecule has 128 valence electrons. The van der Waals surface area contributed by atoms with Gasteiger partial charge in [-0.3, -0.25) is 4.79 Å². The molecule has 0 aromatic heterocycles. The lowest BCUT2D eigenvalue weighted by molar-refractivity contribution is -0.892. The maximum absolute atomic E-state index is 13.0. The minimum Gasteiger partial charge on any atom is -0.360 e. The number of benzene rings is 2. The van der Waals surface area contributed by atoms with Crippen molar-refractivity contribution in [2.75, 3.05) is 42.9 Å². The van der Waals surface area contributed by atoms with E-state index in [0.29, 0.717) is 17.8 Å². The Kier molecular flexibility index (Phi) is 5.26. The number of piperazine rings is 1. The third-order valence-electron chi connectivity index (χ3n) is 4.35. The van der Waals surface area contributed by atoms with Crippen molar-refractivity contribution in [1.29, 1.82) is 5.26 Å². The van der Waals surface area contributed by atoms with Gasteiger partial charge < -0.3 is 15.1 Å². The molecule has 2 aromatic carbocycles. The van der Waals surface area contributed by atoms with Crippen molar-refractivity contribution in [2.24, 2.45) is 0 Å². The fraction of sp³-hybridized carbons (Fsp3) is 0.263. The average molecular weight is 339 g/mol. The Labute approximate surface area is 146 Å². The molecule has 1 aliphatic rings. The molecule has 0 radical (unpaired) electrons. The normalized spacial score (nSPS) is 14.8. The molecule has 5 nitrogen and oxygen atoms in total. The lowest BCUT2D eigenvalue weighted by atomic mass is 10.2. The summed E-state index contributed by atoms with van der Waals surface area (Å²) in [4.78, 5) is 15.6. The first-order chi connectivity index (χ1) is 12.1. The fourth-order valence-corrected chi connectivity index (χ4v) is 3.01. The molecule has 1 amide bonds. The molecule has 0 unspecified atom stereocenters. The number of halogens is 1. The molecule has 1 saturated heterocycles. The van der Waals surface area contributed by atoms with Gasteiger partial charge in [0.25, 0.3) is 5.91 Å². The second kappa shape index (κ2) is 7.77. The van der Waals surface area contributed by atoms with E-state index in [0.717, 1.165) is 31.9 Å². The third kappa shape index (κ3) is 4.55. The highest BCUT2D eigenvalue weighted by molar-refractivity contribution is 5.91. The Morgan fingerprint density at radius 2 is 1.92 bits per heavy atom. The molecule has 2 aromatic rings. The average Bonchev–Trinajstić information content (AvgIpc) is 2.63. The quantitative estimate of drug-likeness (QED) is 0.875. The molecule has 0 spiro atoms. The maximum atomic E-state index is 13.0. The number of amides is 1. The summed E-state index contributed by atoms with van der Waals surface area (Å²) in [5, 5.41) is 11.7. The zero-order chi connectivity index (χ0) is 17.6. The number of nitrogens with one attached hydrogen (secondary N) is 2. The van der Waals surface area contributed by atoms with Crippen LogP contribution in [0.15, 0.2) is 48.5 Å². The molecule has 0 saturated carbocycles. The van der Waals surface area contributed by atoms with Crippen LogP contribution in [0.3, 0.4) is 0 Å². The number of nitrogens with zero attached hydrogens (tertiary/aromatic N) is 2. The Morgan fingerprint density at radius 3 is 2.60 bits per heavy atom. The number of hydrogen-bond donors (Lipinski definition) is 2. The smallest absolute Gasteiger partial charge is 0.279 e. The van der Waals surface area contributed by atoms with Crippen molar-refractivity contribution >= 4 is 17.3 Å². The van der Waals surface area contributed by atoms with E-state index in [-0.39, 0.29) is 11.7 Å². The maximum Gasteiger partial charge on any atom is 0.279 e. The van der Waals surface area contributed by atoms with Crippen LogP contribution in [-0.4, -0.2) is 38.6 Å². The van der Waals surface area contributed by atoms with Gasteiger partial charge in [0.15, 0.2) is 6.54 Å². The molecule has 0 bridgehead atoms. The third-order valence-corrected chi connectivity index (χ3v) is 4.35. The predicted molar refractivity (Wildman–Crippen MR) is 94.0 cm³/mol. The Morgan fingerprint density at radius 1 is 1.20 bits per heavy atom. The van der Waals surface area contributed by atoms with E-state index in [1.807, 2.05) is 0 Å². The van der Waals surface area contributed by atoms with Crippen LogP contribution in [0.1, 0.15) is 5.56 Å². The highest BCUT2D eigenvalue weighted by Crippen LogP contribution is 2.14. The van der Waals surface area contributed by atoms with Crippen molar-refractivity contribution in [2.45, 2.75) is 0 Å². The lowest BCUT2D eigenvalue weighted by Gasteiger charge is -2.33. The Bertz CT molecular complexity index is 777. The minimum absolute atomic E-state index is 0.0553. The van der Waals surface area contributed by atoms with E-state index in [9.17, 15) is 9.18 Å². The molecule has 0 aliphatic carbocycles. The van der Waals surface area contributed by atoms with Crippen LogP contribution < -0.4 is 15.1 Å². The monoisotopic (exact) mass is 339 g/mol. The zero-order valence-electron chi connectivity index (χ0n) is 13.8. The summed E-state index contributed by atoms with van der Waals surface area (Å²) in [7, 11) is 0. The van der Waals surface area contributed by atoms with Gasteiger partial charge in [-0.1, -0.05) is 6.07 Å². The Hall–Kier alpha value is -2.91. The predicted octanol–water partition coefficient (Wildman–Crippen LogP) is 1.04. The first-order valence-electron chi connectivity index (χ1n) is 8.28. The van der Waals surface area contributed by atoms with Gasteiger partial charge >= 0.3 is 0 Å². The van der Waals surface area contributed by atoms with Gasteiger partial charge in [-0.05, 0) is 42.5 Å². The molecule has 1 fully saturated rings. The highest BCUT2D eigenvalue weighted by Gasteiger charge is 2.22. The summed E-state index contributed by atoms with van der Waals surface area (Å²) < 4.78 is 13.0. The number of rotatable bonds is 4. The van der Waals surface area contributed by atoms with Crippen molar-refractivity contribution in [3.05, 3.63) is 59.9 Å². The fourth-order valence-electron chi connectivity index (χ4n) is 3.01. The zero-order valence-corrected chi connectivity index (χ0v) is 13.8. The summed E-state index contributed by atoms with van der Waals surface area (Å²) in [6.07, 6.45) is 0. The van der Waals surface area contributed by atoms with Gasteiger partial charge in [0.1, 0.15) is 5.82 Å². The van der Waals surface area contributed by atoms with E-state index < -0.39 is 0 Å². The van der Waals surface area contributed by atoms with Crippen LogP contribution in [0.2, 0.25) is 0 Å². The number of anilines is 2. The molecule has 1 aliphatic heterocycles. The molecule has 6 heteroatoms. The van der Waals surface area contributed by atoms with Gasteiger partial charge in [0.05, 0.1) is 37.8 Å². The van der Waals surface area contributed by atoms with Crippen molar-refractivity contribution in [1.82, 2.24) is 0 Å². The van der Waals surface area contributed by atoms with E-state index in [1.54, 1.807) is 36.4 Å². The number of carbonyl (C=O) groups is 1. The van der Waals surface area contributed by atoms with Crippen LogP contribution >= 0.6 is 0 Å². The topological polar surface area (TPSA) is 60.6 Å². The van der Waals surface area contributed by atoms with Gasteiger partial charge in [-0.2, -0.15) is 5.26 Å². The van der Waals surface area contributed by atoms with E-state index in [1.165, 1.54) is 17.0 Å². The summed E-state index contributed by atoms with van der Waals surface area (Å²) in [6.45, 7) is 3.76. The van der Waals surface area contributed by atoms with Crippen molar-refractivity contribution < 1.29 is 14.1 Å². The SMILES string of the molecule is N#Cc1cccc(NC(=O)C[NH+]2CCN(c3ccc(F)cc3)CC2)c1. The van der Waals surface area contributed by atoms with Crippen molar-refractivity contribution in [3.8, 4) is 6.07 Å². The van der Waals surface area contributed by atoms with Gasteiger partial charge in [-0.25, -0.2) is 4.39 Å². The van der Waals surface area contributed by atoms with Crippen LogP contribution in [0.4, 0.5) is 15.8 Å². The van der Waals surface area contributed by atoms with E-state index >= 15 is 0 Å². The van der Waals surface area contributed by atoms with Gasteiger partial charge in [-0.15, -0.1) is 0 Å². The molecule has 3 rings (SSSR count). The number of quaternary nitrogens is 1. The second-order valence-corrected chi connectivity index (χ2v) is 6.13.